The van der Waals surface area contributed by atoms with Crippen molar-refractivity contribution >= 4 is 40.8 Å². The maximum atomic E-state index is 10.6. The molecule has 0 spiro atoms. The van der Waals surface area contributed by atoms with E-state index >= 15 is 0 Å². The molecule has 0 rings (SSSR count). The van der Waals surface area contributed by atoms with Gasteiger partial charge < -0.3 is 0 Å². The van der Waals surface area contributed by atoms with Crippen LogP contribution in [0.15, 0.2) is 0 Å². The smallest absolute Gasteiger partial charge is 0.299 e. The molecule has 0 aromatic heterocycles. The van der Waals surface area contributed by atoms with E-state index in [1.807, 2.05) is 0 Å². The van der Waals surface area contributed by atoms with Crippen molar-refractivity contribution in [3.8, 4) is 0 Å². The van der Waals surface area contributed by atoms with Crippen molar-refractivity contribution in [3.63, 3.8) is 0 Å². The van der Waals surface area contributed by atoms with Crippen LogP contribution in [0.5, 0.6) is 0 Å². The lowest BCUT2D eigenvalue weighted by Crippen LogP contribution is -2.09. The molecule has 66 valence electrons. The van der Waals surface area contributed by atoms with Crippen LogP contribution in [0, 0.1) is 0 Å². The normalized spacial score (nSPS) is 11.3. The lowest BCUT2D eigenvalue weighted by Gasteiger charge is -2.07. The van der Waals surface area contributed by atoms with Crippen LogP contribution < -0.4 is 0 Å². The monoisotopic (exact) mass is 220 g/mol. The van der Waals surface area contributed by atoms with Gasteiger partial charge in [-0.15, -0.1) is 0 Å². The highest BCUT2D eigenvalue weighted by atomic mass is 35.6. The fraction of sp³-hybridized carbons (Fsp3) is 0.800. The largest absolute Gasteiger partial charge is 0.342 e. The van der Waals surface area contributed by atoms with E-state index in [1.165, 1.54) is 7.11 Å². The van der Waals surface area contributed by atoms with E-state index in [0.717, 1.165) is 0 Å². The summed E-state index contributed by atoms with van der Waals surface area (Å²) in [6.07, 6.45) is 0.129. The first-order valence-corrected chi connectivity index (χ1v) is 3.89. The fourth-order valence-corrected chi connectivity index (χ4v) is 0.662. The molecule has 0 aromatic rings. The summed E-state index contributed by atoms with van der Waals surface area (Å²) in [6, 6.07) is 0. The van der Waals surface area contributed by atoms with Crippen LogP contribution >= 0.6 is 34.8 Å². The molecule has 0 atom stereocenters. The SMILES string of the molecule is COOC(=O)CCC(Cl)(Cl)Cl. The summed E-state index contributed by atoms with van der Waals surface area (Å²) < 4.78 is -1.41. The Hall–Kier alpha value is 0.300. The molecule has 0 bridgehead atoms. The van der Waals surface area contributed by atoms with E-state index in [1.54, 1.807) is 0 Å². The molecule has 0 aromatic carbocycles. The van der Waals surface area contributed by atoms with Gasteiger partial charge in [0, 0.05) is 6.42 Å². The second kappa shape index (κ2) is 5.04. The van der Waals surface area contributed by atoms with Gasteiger partial charge in [0.05, 0.1) is 13.5 Å². The molecular weight excluding hydrogens is 214 g/mol. The maximum Gasteiger partial charge on any atom is 0.342 e. The summed E-state index contributed by atoms with van der Waals surface area (Å²) in [4.78, 5) is 18.8. The van der Waals surface area contributed by atoms with Gasteiger partial charge in [0.2, 0.25) is 0 Å². The Balaban J connectivity index is 3.46. The minimum atomic E-state index is -1.41. The van der Waals surface area contributed by atoms with Gasteiger partial charge in [-0.1, -0.05) is 34.8 Å². The Kier molecular flexibility index (Phi) is 5.17. The van der Waals surface area contributed by atoms with Crippen LogP contribution in [-0.2, 0) is 14.6 Å². The van der Waals surface area contributed by atoms with Crippen LogP contribution in [0.3, 0.4) is 0 Å². The van der Waals surface area contributed by atoms with Crippen molar-refractivity contribution in [1.82, 2.24) is 0 Å². The van der Waals surface area contributed by atoms with Crippen LogP contribution in [0.4, 0.5) is 0 Å². The molecule has 0 heterocycles. The highest BCUT2D eigenvalue weighted by Gasteiger charge is 2.21. The van der Waals surface area contributed by atoms with Crippen LogP contribution in [-0.4, -0.2) is 16.9 Å². The van der Waals surface area contributed by atoms with E-state index in [0.29, 0.717) is 0 Å². The third kappa shape index (κ3) is 8.20. The summed E-state index contributed by atoms with van der Waals surface area (Å²) in [5.41, 5.74) is 0. The minimum Gasteiger partial charge on any atom is -0.299 e. The zero-order chi connectivity index (χ0) is 8.91. The molecule has 0 amide bonds. The van der Waals surface area contributed by atoms with Crippen LogP contribution in [0.1, 0.15) is 12.8 Å². The molecule has 11 heavy (non-hydrogen) atoms. The van der Waals surface area contributed by atoms with E-state index < -0.39 is 9.76 Å². The molecule has 0 saturated heterocycles. The van der Waals surface area contributed by atoms with Gasteiger partial charge >= 0.3 is 5.97 Å². The third-order valence-electron chi connectivity index (χ3n) is 0.789. The molecule has 0 N–H and O–H groups in total. The summed E-state index contributed by atoms with van der Waals surface area (Å²) >= 11 is 16.1. The number of halogens is 3. The van der Waals surface area contributed by atoms with Crippen molar-refractivity contribution in [3.05, 3.63) is 0 Å². The van der Waals surface area contributed by atoms with E-state index in [9.17, 15) is 4.79 Å². The van der Waals surface area contributed by atoms with Gasteiger partial charge in [-0.3, -0.25) is 4.89 Å². The van der Waals surface area contributed by atoms with E-state index in [4.69, 9.17) is 34.8 Å². The zero-order valence-corrected chi connectivity index (χ0v) is 8.04. The molecule has 0 unspecified atom stereocenters. The van der Waals surface area contributed by atoms with E-state index in [-0.39, 0.29) is 12.8 Å². The van der Waals surface area contributed by atoms with Crippen molar-refractivity contribution in [2.24, 2.45) is 0 Å². The number of carbonyl (C=O) groups excluding carboxylic acids is 1. The predicted octanol–water partition coefficient (Wildman–Crippen LogP) is 2.24. The molecule has 3 nitrogen and oxygen atoms in total. The molecule has 0 aliphatic heterocycles. The molecule has 0 aliphatic rings. The molecular formula is C5H7Cl3O3. The van der Waals surface area contributed by atoms with Crippen LogP contribution in [0.2, 0.25) is 0 Å². The minimum absolute atomic E-state index is 0.0182. The highest BCUT2D eigenvalue weighted by Crippen LogP contribution is 2.31. The van der Waals surface area contributed by atoms with Crippen molar-refractivity contribution < 1.29 is 14.6 Å². The molecule has 0 aliphatic carbocycles. The Morgan fingerprint density at radius 2 is 2.00 bits per heavy atom. The Morgan fingerprint density at radius 1 is 1.45 bits per heavy atom. The first kappa shape index (κ1) is 11.3. The summed E-state index contributed by atoms with van der Waals surface area (Å²) in [7, 11) is 1.23. The summed E-state index contributed by atoms with van der Waals surface area (Å²) in [6.45, 7) is 0. The van der Waals surface area contributed by atoms with Crippen molar-refractivity contribution in [1.29, 1.82) is 0 Å². The van der Waals surface area contributed by atoms with Crippen molar-refractivity contribution in [2.75, 3.05) is 7.11 Å². The van der Waals surface area contributed by atoms with Crippen molar-refractivity contribution in [2.45, 2.75) is 16.6 Å². The highest BCUT2D eigenvalue weighted by molar-refractivity contribution is 6.67. The maximum absolute atomic E-state index is 10.6. The predicted molar refractivity (Wildman–Crippen MR) is 42.6 cm³/mol. The summed E-state index contributed by atoms with van der Waals surface area (Å²) in [5.74, 6) is -0.557. The number of rotatable bonds is 3. The first-order chi connectivity index (χ1) is 4.95. The fourth-order valence-electron chi connectivity index (χ4n) is 0.378. The molecule has 0 saturated carbocycles. The number of carbonyl (C=O) groups is 1. The van der Waals surface area contributed by atoms with E-state index in [2.05, 4.69) is 9.78 Å². The Morgan fingerprint density at radius 3 is 2.36 bits per heavy atom. The molecule has 6 heteroatoms. The lowest BCUT2D eigenvalue weighted by atomic mass is 10.3. The quantitative estimate of drug-likeness (QED) is 0.416. The first-order valence-electron chi connectivity index (χ1n) is 2.76. The second-order valence-electron chi connectivity index (χ2n) is 1.74. The van der Waals surface area contributed by atoms with Crippen LogP contribution in [0.25, 0.3) is 0 Å². The average Bonchev–Trinajstić information content (AvgIpc) is 1.83. The second-order valence-corrected chi connectivity index (χ2v) is 4.25. The number of hydrogen-bond donors (Lipinski definition) is 0. The molecule has 0 fully saturated rings. The summed E-state index contributed by atoms with van der Waals surface area (Å²) in [5, 5.41) is 0. The Bertz CT molecular complexity index is 131. The standard InChI is InChI=1S/C5H7Cl3O3/c1-10-11-4(9)2-3-5(6,7)8/h2-3H2,1H3. The number of alkyl halides is 3. The third-order valence-corrected chi connectivity index (χ3v) is 1.36. The van der Waals surface area contributed by atoms with Gasteiger partial charge in [0.15, 0.2) is 3.79 Å². The lowest BCUT2D eigenvalue weighted by molar-refractivity contribution is -0.255. The van der Waals surface area contributed by atoms with Gasteiger partial charge in [0.1, 0.15) is 0 Å². The molecule has 0 radical (unpaired) electrons. The topological polar surface area (TPSA) is 35.5 Å². The average molecular weight is 221 g/mol. The Labute approximate surface area is 79.4 Å². The van der Waals surface area contributed by atoms with Gasteiger partial charge in [-0.25, -0.2) is 4.79 Å². The van der Waals surface area contributed by atoms with Gasteiger partial charge in [-0.05, 0) is 0 Å². The zero-order valence-electron chi connectivity index (χ0n) is 5.77. The van der Waals surface area contributed by atoms with Gasteiger partial charge in [-0.2, -0.15) is 4.89 Å². The van der Waals surface area contributed by atoms with Gasteiger partial charge in [0.25, 0.3) is 0 Å². The number of hydrogen-bond acceptors (Lipinski definition) is 3.